The van der Waals surface area contributed by atoms with Crippen LogP contribution in [0.15, 0.2) is 66.7 Å². The van der Waals surface area contributed by atoms with Gasteiger partial charge in [-0.1, -0.05) is 58.6 Å². The van der Waals surface area contributed by atoms with Crippen molar-refractivity contribution in [3.8, 4) is 0 Å². The maximum absolute atomic E-state index is 13.6. The number of nitrogens with zero attached hydrogens (tertiary/aromatic N) is 2. The summed E-state index contributed by atoms with van der Waals surface area (Å²) in [5.74, 6) is -1.30. The summed E-state index contributed by atoms with van der Waals surface area (Å²) in [5, 5.41) is 0.567. The lowest BCUT2D eigenvalue weighted by atomic mass is 10.1. The average molecular weight is 467 g/mol. The molecule has 1 aliphatic heterocycles. The number of aryl methyl sites for hydroxylation is 2. The molecule has 0 bridgehead atoms. The highest BCUT2D eigenvalue weighted by atomic mass is 35.5. The summed E-state index contributed by atoms with van der Waals surface area (Å²) in [6.07, 6.45) is -0.127. The van der Waals surface area contributed by atoms with Gasteiger partial charge in [-0.05, 0) is 56.3 Å². The van der Waals surface area contributed by atoms with E-state index >= 15 is 0 Å². The first-order chi connectivity index (χ1) is 15.3. The van der Waals surface area contributed by atoms with Crippen LogP contribution in [0.5, 0.6) is 0 Å². The van der Waals surface area contributed by atoms with Crippen molar-refractivity contribution in [2.75, 3.05) is 9.80 Å². The summed E-state index contributed by atoms with van der Waals surface area (Å²) in [7, 11) is 0. The predicted molar refractivity (Wildman–Crippen MR) is 127 cm³/mol. The van der Waals surface area contributed by atoms with Crippen molar-refractivity contribution in [1.29, 1.82) is 0 Å². The number of amides is 3. The van der Waals surface area contributed by atoms with Crippen LogP contribution >= 0.6 is 23.2 Å². The Kier molecular flexibility index (Phi) is 6.04. The Bertz CT molecular complexity index is 1210. The number of benzene rings is 3. The topological polar surface area (TPSA) is 57.7 Å². The number of imide groups is 1. The molecule has 3 aromatic carbocycles. The van der Waals surface area contributed by atoms with Gasteiger partial charge in [0.15, 0.2) is 0 Å². The van der Waals surface area contributed by atoms with Crippen molar-refractivity contribution < 1.29 is 14.4 Å². The minimum absolute atomic E-state index is 0.127. The molecule has 1 saturated heterocycles. The van der Waals surface area contributed by atoms with Gasteiger partial charge in [-0.3, -0.25) is 19.3 Å². The normalized spacial score (nSPS) is 15.9. The molecule has 0 aliphatic carbocycles. The highest BCUT2D eigenvalue weighted by Gasteiger charge is 2.45. The van der Waals surface area contributed by atoms with Crippen LogP contribution in [-0.2, 0) is 9.59 Å². The Labute approximate surface area is 196 Å². The molecule has 0 radical (unpaired) electrons. The van der Waals surface area contributed by atoms with Crippen LogP contribution in [0.3, 0.4) is 0 Å². The smallest absolute Gasteiger partial charge is 0.260 e. The van der Waals surface area contributed by atoms with E-state index in [-0.39, 0.29) is 22.9 Å². The van der Waals surface area contributed by atoms with E-state index in [1.54, 1.807) is 30.3 Å². The highest BCUT2D eigenvalue weighted by molar-refractivity contribution is 6.37. The van der Waals surface area contributed by atoms with E-state index in [1.807, 2.05) is 38.1 Å². The summed E-state index contributed by atoms with van der Waals surface area (Å²) in [4.78, 5) is 42.4. The molecule has 1 aliphatic rings. The minimum atomic E-state index is -0.995. The molecule has 162 valence electrons. The van der Waals surface area contributed by atoms with Crippen LogP contribution in [0.4, 0.5) is 11.4 Å². The molecule has 7 heteroatoms. The zero-order chi connectivity index (χ0) is 23.0. The first-order valence-corrected chi connectivity index (χ1v) is 10.8. The Hall–Kier alpha value is -3.15. The third-order valence-electron chi connectivity index (χ3n) is 5.42. The Morgan fingerprint density at radius 1 is 0.906 bits per heavy atom. The Morgan fingerprint density at radius 3 is 2.09 bits per heavy atom. The number of hydrogen-bond acceptors (Lipinski definition) is 3. The molecule has 3 amide bonds. The van der Waals surface area contributed by atoms with E-state index in [9.17, 15) is 14.4 Å². The van der Waals surface area contributed by atoms with Crippen molar-refractivity contribution in [2.45, 2.75) is 26.3 Å². The van der Waals surface area contributed by atoms with Crippen LogP contribution in [0, 0.1) is 13.8 Å². The van der Waals surface area contributed by atoms with E-state index in [4.69, 9.17) is 23.2 Å². The molecule has 0 aromatic heterocycles. The monoisotopic (exact) mass is 466 g/mol. The van der Waals surface area contributed by atoms with Crippen molar-refractivity contribution in [3.63, 3.8) is 0 Å². The van der Waals surface area contributed by atoms with Crippen molar-refractivity contribution in [3.05, 3.63) is 93.5 Å². The fourth-order valence-corrected chi connectivity index (χ4v) is 4.21. The van der Waals surface area contributed by atoms with Gasteiger partial charge in [0.25, 0.3) is 11.8 Å². The van der Waals surface area contributed by atoms with E-state index in [0.717, 1.165) is 16.0 Å². The fourth-order valence-electron chi connectivity index (χ4n) is 3.72. The second-order valence-electron chi connectivity index (χ2n) is 7.76. The van der Waals surface area contributed by atoms with Crippen LogP contribution in [0.25, 0.3) is 0 Å². The molecular weight excluding hydrogens is 447 g/mol. The first-order valence-electron chi connectivity index (χ1n) is 10.0. The van der Waals surface area contributed by atoms with Gasteiger partial charge in [-0.15, -0.1) is 0 Å². The van der Waals surface area contributed by atoms with Crippen LogP contribution < -0.4 is 9.80 Å². The van der Waals surface area contributed by atoms with Gasteiger partial charge in [0.05, 0.1) is 22.7 Å². The zero-order valence-corrected chi connectivity index (χ0v) is 19.0. The Morgan fingerprint density at radius 2 is 1.50 bits per heavy atom. The van der Waals surface area contributed by atoms with Gasteiger partial charge in [-0.2, -0.15) is 0 Å². The second kappa shape index (κ2) is 8.77. The molecule has 1 heterocycles. The van der Waals surface area contributed by atoms with Crippen LogP contribution in [-0.4, -0.2) is 23.8 Å². The number of anilines is 2. The van der Waals surface area contributed by atoms with Gasteiger partial charge in [-0.25, -0.2) is 4.90 Å². The number of carbonyl (C=O) groups is 3. The molecule has 3 aromatic rings. The van der Waals surface area contributed by atoms with Gasteiger partial charge < -0.3 is 0 Å². The summed E-state index contributed by atoms with van der Waals surface area (Å²) >= 11 is 12.3. The number of hydrogen-bond donors (Lipinski definition) is 0. The molecule has 4 rings (SSSR count). The lowest BCUT2D eigenvalue weighted by Gasteiger charge is -2.28. The summed E-state index contributed by atoms with van der Waals surface area (Å²) in [6.45, 7) is 3.85. The number of halogens is 2. The average Bonchev–Trinajstić information content (AvgIpc) is 3.04. The van der Waals surface area contributed by atoms with Crippen molar-refractivity contribution >= 4 is 52.3 Å². The first kappa shape index (κ1) is 22.1. The highest BCUT2D eigenvalue weighted by Crippen LogP contribution is 2.32. The van der Waals surface area contributed by atoms with Gasteiger partial charge >= 0.3 is 0 Å². The zero-order valence-electron chi connectivity index (χ0n) is 17.5. The molecular formula is C25H20Cl2N2O3. The van der Waals surface area contributed by atoms with E-state index in [2.05, 4.69) is 0 Å². The molecule has 32 heavy (non-hydrogen) atoms. The SMILES string of the molecule is Cc1ccc(N2C(=O)C[C@H](N(C(=O)c3ccc(Cl)cc3Cl)c3ccc(C)cc3)C2=O)cc1. The fraction of sp³-hybridized carbons (Fsp3) is 0.160. The van der Waals surface area contributed by atoms with E-state index in [1.165, 1.54) is 17.0 Å². The van der Waals surface area contributed by atoms with Crippen molar-refractivity contribution in [2.24, 2.45) is 0 Å². The minimum Gasteiger partial charge on any atom is -0.295 e. The van der Waals surface area contributed by atoms with E-state index < -0.39 is 17.9 Å². The third kappa shape index (κ3) is 4.14. The van der Waals surface area contributed by atoms with Crippen LogP contribution in [0.1, 0.15) is 27.9 Å². The third-order valence-corrected chi connectivity index (χ3v) is 5.97. The summed E-state index contributed by atoms with van der Waals surface area (Å²) in [5.41, 5.74) is 3.20. The van der Waals surface area contributed by atoms with Gasteiger partial charge in [0.2, 0.25) is 5.91 Å². The van der Waals surface area contributed by atoms with Gasteiger partial charge in [0.1, 0.15) is 6.04 Å². The lowest BCUT2D eigenvalue weighted by molar-refractivity contribution is -0.121. The maximum Gasteiger partial charge on any atom is 0.260 e. The summed E-state index contributed by atoms with van der Waals surface area (Å²) in [6, 6.07) is 17.9. The molecule has 0 saturated carbocycles. The van der Waals surface area contributed by atoms with Crippen molar-refractivity contribution in [1.82, 2.24) is 0 Å². The molecule has 0 spiro atoms. The van der Waals surface area contributed by atoms with E-state index in [0.29, 0.717) is 16.4 Å². The largest absolute Gasteiger partial charge is 0.295 e. The predicted octanol–water partition coefficient (Wildman–Crippen LogP) is 5.59. The standard InChI is InChI=1S/C25H20Cl2N2O3/c1-15-3-8-18(9-4-15)28(24(31)20-12-7-17(26)13-21(20)27)22-14-23(30)29(25(22)32)19-10-5-16(2)6-11-19/h3-13,22H,14H2,1-2H3/t22-/m0/s1. The molecule has 1 atom stereocenters. The maximum atomic E-state index is 13.6. The van der Waals surface area contributed by atoms with Gasteiger partial charge in [0, 0.05) is 10.7 Å². The summed E-state index contributed by atoms with van der Waals surface area (Å²) < 4.78 is 0. The Balaban J connectivity index is 1.77. The number of carbonyl (C=O) groups excluding carboxylic acids is 3. The van der Waals surface area contributed by atoms with Crippen LogP contribution in [0.2, 0.25) is 10.0 Å². The number of rotatable bonds is 4. The molecule has 5 nitrogen and oxygen atoms in total. The molecule has 0 unspecified atom stereocenters. The second-order valence-corrected chi connectivity index (χ2v) is 8.60. The molecule has 1 fully saturated rings. The quantitative estimate of drug-likeness (QED) is 0.470. The molecule has 0 N–H and O–H groups in total. The lowest BCUT2D eigenvalue weighted by Crippen LogP contribution is -2.46.